The van der Waals surface area contributed by atoms with Crippen LogP contribution in [0.5, 0.6) is 0 Å². The predicted octanol–water partition coefficient (Wildman–Crippen LogP) is 2.11. The molecule has 0 saturated carbocycles. The third-order valence-electron chi connectivity index (χ3n) is 1.72. The van der Waals surface area contributed by atoms with E-state index in [0.29, 0.717) is 12.8 Å². The standard InChI is InChI=1S/C10H19O2/c1-4-6-9(11)8-10(3,12)7-5-2/h8,12H,4-7H2,1-3H3. The Morgan fingerprint density at radius 3 is 2.42 bits per heavy atom. The maximum absolute atomic E-state index is 11.1. The monoisotopic (exact) mass is 171 g/mol. The van der Waals surface area contributed by atoms with E-state index in [-0.39, 0.29) is 5.78 Å². The molecule has 2 heteroatoms. The van der Waals surface area contributed by atoms with Crippen molar-refractivity contribution in [3.05, 3.63) is 6.42 Å². The zero-order valence-electron chi connectivity index (χ0n) is 8.26. The molecule has 0 heterocycles. The number of carbonyl (C=O) groups is 1. The number of Topliss-reactive ketones (excluding diaryl/α,β-unsaturated/α-hetero) is 1. The van der Waals surface area contributed by atoms with Crippen LogP contribution in [0, 0.1) is 6.42 Å². The van der Waals surface area contributed by atoms with E-state index in [4.69, 9.17) is 0 Å². The summed E-state index contributed by atoms with van der Waals surface area (Å²) < 4.78 is 0. The third-order valence-corrected chi connectivity index (χ3v) is 1.72. The fourth-order valence-electron chi connectivity index (χ4n) is 1.24. The maximum Gasteiger partial charge on any atom is 0.139 e. The van der Waals surface area contributed by atoms with E-state index >= 15 is 0 Å². The Kier molecular flexibility index (Phi) is 5.14. The Morgan fingerprint density at radius 1 is 1.42 bits per heavy atom. The minimum Gasteiger partial charge on any atom is -0.389 e. The number of rotatable bonds is 6. The minimum atomic E-state index is -0.902. The van der Waals surface area contributed by atoms with Crippen LogP contribution in [-0.4, -0.2) is 16.5 Å². The first-order valence-electron chi connectivity index (χ1n) is 4.63. The molecule has 0 aliphatic rings. The summed E-state index contributed by atoms with van der Waals surface area (Å²) in [4.78, 5) is 11.1. The van der Waals surface area contributed by atoms with Crippen LogP contribution in [0.4, 0.5) is 0 Å². The lowest BCUT2D eigenvalue weighted by atomic mass is 9.93. The Hall–Kier alpha value is -0.370. The van der Waals surface area contributed by atoms with Crippen LogP contribution in [0.2, 0.25) is 0 Å². The Morgan fingerprint density at radius 2 is 2.00 bits per heavy atom. The molecule has 0 aliphatic carbocycles. The van der Waals surface area contributed by atoms with Gasteiger partial charge in [0.1, 0.15) is 5.78 Å². The molecule has 71 valence electrons. The maximum atomic E-state index is 11.1. The third kappa shape index (κ3) is 5.30. The van der Waals surface area contributed by atoms with Gasteiger partial charge in [-0.1, -0.05) is 20.3 Å². The molecule has 0 aromatic rings. The molecule has 0 amide bonds. The lowest BCUT2D eigenvalue weighted by molar-refractivity contribution is -0.118. The summed E-state index contributed by atoms with van der Waals surface area (Å²) >= 11 is 0. The van der Waals surface area contributed by atoms with Gasteiger partial charge in [-0.2, -0.15) is 0 Å². The molecular weight excluding hydrogens is 152 g/mol. The number of hydrogen-bond acceptors (Lipinski definition) is 2. The lowest BCUT2D eigenvalue weighted by Crippen LogP contribution is -2.28. The molecule has 2 nitrogen and oxygen atoms in total. The quantitative estimate of drug-likeness (QED) is 0.664. The van der Waals surface area contributed by atoms with Crippen LogP contribution >= 0.6 is 0 Å². The van der Waals surface area contributed by atoms with Crippen LogP contribution in [0.3, 0.4) is 0 Å². The van der Waals surface area contributed by atoms with Gasteiger partial charge in [0.2, 0.25) is 0 Å². The van der Waals surface area contributed by atoms with E-state index in [9.17, 15) is 9.90 Å². The smallest absolute Gasteiger partial charge is 0.139 e. The molecule has 0 fully saturated rings. The zero-order chi connectivity index (χ0) is 9.61. The van der Waals surface area contributed by atoms with Crippen molar-refractivity contribution in [2.45, 2.75) is 52.1 Å². The molecule has 1 radical (unpaired) electrons. The summed E-state index contributed by atoms with van der Waals surface area (Å²) in [5.74, 6) is 0.0518. The fourth-order valence-corrected chi connectivity index (χ4v) is 1.24. The fraction of sp³-hybridized carbons (Fsp3) is 0.800. The molecule has 0 rings (SSSR count). The molecule has 1 N–H and O–H groups in total. The molecule has 1 unspecified atom stereocenters. The van der Waals surface area contributed by atoms with Gasteiger partial charge in [0, 0.05) is 6.42 Å². The molecule has 0 bridgehead atoms. The van der Waals surface area contributed by atoms with Crippen molar-refractivity contribution in [3.63, 3.8) is 0 Å². The highest BCUT2D eigenvalue weighted by atomic mass is 16.3. The first kappa shape index (κ1) is 11.6. The number of hydrogen-bond donors (Lipinski definition) is 1. The van der Waals surface area contributed by atoms with Gasteiger partial charge in [0.25, 0.3) is 0 Å². The van der Waals surface area contributed by atoms with Crippen LogP contribution in [0.15, 0.2) is 0 Å². The SMILES string of the molecule is CCCC(=O)[CH]C(C)(O)CCC. The van der Waals surface area contributed by atoms with Gasteiger partial charge in [-0.05, 0) is 19.8 Å². The van der Waals surface area contributed by atoms with Crippen molar-refractivity contribution in [1.82, 2.24) is 0 Å². The van der Waals surface area contributed by atoms with Gasteiger partial charge in [-0.3, -0.25) is 4.79 Å². The van der Waals surface area contributed by atoms with Crippen molar-refractivity contribution in [1.29, 1.82) is 0 Å². The van der Waals surface area contributed by atoms with Gasteiger partial charge < -0.3 is 5.11 Å². The second-order valence-corrected chi connectivity index (χ2v) is 3.47. The summed E-state index contributed by atoms with van der Waals surface area (Å²) in [6, 6.07) is 0. The summed E-state index contributed by atoms with van der Waals surface area (Å²) in [5.41, 5.74) is -0.902. The second kappa shape index (κ2) is 5.31. The average molecular weight is 171 g/mol. The van der Waals surface area contributed by atoms with Gasteiger partial charge in [-0.15, -0.1) is 0 Å². The van der Waals surface area contributed by atoms with Gasteiger partial charge in [0.05, 0.1) is 12.0 Å². The second-order valence-electron chi connectivity index (χ2n) is 3.47. The Labute approximate surface area is 75.0 Å². The highest BCUT2D eigenvalue weighted by Gasteiger charge is 2.22. The predicted molar refractivity (Wildman–Crippen MR) is 49.7 cm³/mol. The largest absolute Gasteiger partial charge is 0.389 e. The van der Waals surface area contributed by atoms with Crippen molar-refractivity contribution in [2.75, 3.05) is 0 Å². The summed E-state index contributed by atoms with van der Waals surface area (Å²) in [6.07, 6.45) is 4.38. The molecule has 1 atom stereocenters. The zero-order valence-corrected chi connectivity index (χ0v) is 8.26. The van der Waals surface area contributed by atoms with Crippen LogP contribution in [-0.2, 0) is 4.79 Å². The van der Waals surface area contributed by atoms with Crippen LogP contribution in [0.25, 0.3) is 0 Å². The highest BCUT2D eigenvalue weighted by Crippen LogP contribution is 2.16. The summed E-state index contributed by atoms with van der Waals surface area (Å²) in [7, 11) is 0. The molecule has 0 aliphatic heterocycles. The van der Waals surface area contributed by atoms with E-state index in [0.717, 1.165) is 12.8 Å². The van der Waals surface area contributed by atoms with Gasteiger partial charge in [-0.25, -0.2) is 0 Å². The van der Waals surface area contributed by atoms with Crippen molar-refractivity contribution < 1.29 is 9.90 Å². The van der Waals surface area contributed by atoms with E-state index in [2.05, 4.69) is 0 Å². The minimum absolute atomic E-state index is 0.0518. The topological polar surface area (TPSA) is 37.3 Å². The van der Waals surface area contributed by atoms with E-state index < -0.39 is 5.60 Å². The first-order chi connectivity index (χ1) is 5.52. The van der Waals surface area contributed by atoms with E-state index in [1.54, 1.807) is 6.92 Å². The van der Waals surface area contributed by atoms with Crippen molar-refractivity contribution in [3.8, 4) is 0 Å². The van der Waals surface area contributed by atoms with Crippen molar-refractivity contribution in [2.24, 2.45) is 0 Å². The average Bonchev–Trinajstić information content (AvgIpc) is 1.85. The molecule has 12 heavy (non-hydrogen) atoms. The summed E-state index contributed by atoms with van der Waals surface area (Å²) in [6.45, 7) is 5.64. The number of carbonyl (C=O) groups excluding carboxylic acids is 1. The highest BCUT2D eigenvalue weighted by molar-refractivity contribution is 5.88. The molecule has 0 aromatic heterocycles. The Balaban J connectivity index is 3.79. The molecule has 0 spiro atoms. The lowest BCUT2D eigenvalue weighted by Gasteiger charge is -2.20. The van der Waals surface area contributed by atoms with E-state index in [1.165, 1.54) is 6.42 Å². The molecule has 0 saturated heterocycles. The van der Waals surface area contributed by atoms with Crippen LogP contribution < -0.4 is 0 Å². The van der Waals surface area contributed by atoms with E-state index in [1.807, 2.05) is 13.8 Å². The summed E-state index contributed by atoms with van der Waals surface area (Å²) in [5, 5.41) is 9.64. The van der Waals surface area contributed by atoms with Crippen LogP contribution in [0.1, 0.15) is 46.5 Å². The van der Waals surface area contributed by atoms with Gasteiger partial charge in [0.15, 0.2) is 0 Å². The number of ketones is 1. The first-order valence-corrected chi connectivity index (χ1v) is 4.63. The van der Waals surface area contributed by atoms with Gasteiger partial charge >= 0.3 is 0 Å². The molecular formula is C10H19O2. The normalized spacial score (nSPS) is 15.7. The van der Waals surface area contributed by atoms with Crippen molar-refractivity contribution >= 4 is 5.78 Å². The Bertz CT molecular complexity index is 139. The number of aliphatic hydroxyl groups is 1. The molecule has 0 aromatic carbocycles.